The molecule has 2 N–H and O–H groups in total. The SMILES string of the molecule is O=C(CO)OOC(=O)CO. The molecule has 0 saturated heterocycles. The number of hydrogen-bond acceptors (Lipinski definition) is 6. The van der Waals surface area contributed by atoms with E-state index in [2.05, 4.69) is 9.78 Å². The molecule has 0 heterocycles. The summed E-state index contributed by atoms with van der Waals surface area (Å²) in [5, 5.41) is 16.0. The Bertz CT molecular complexity index is 114. The van der Waals surface area contributed by atoms with Crippen LogP contribution in [0.4, 0.5) is 0 Å². The summed E-state index contributed by atoms with van der Waals surface area (Å²) in [6.07, 6.45) is 0. The van der Waals surface area contributed by atoms with E-state index in [0.29, 0.717) is 0 Å². The Morgan fingerprint density at radius 1 is 1.00 bits per heavy atom. The standard InChI is InChI=1S/C4H6O6/c5-1-3(7)9-10-4(8)2-6/h5-6H,1-2H2. The van der Waals surface area contributed by atoms with Crippen LogP contribution in [0.3, 0.4) is 0 Å². The van der Waals surface area contributed by atoms with Crippen molar-refractivity contribution in [3.63, 3.8) is 0 Å². The third kappa shape index (κ3) is 3.81. The van der Waals surface area contributed by atoms with Gasteiger partial charge in [-0.2, -0.15) is 0 Å². The molecule has 6 nitrogen and oxygen atoms in total. The molecule has 0 rings (SSSR count). The van der Waals surface area contributed by atoms with Crippen molar-refractivity contribution in [2.24, 2.45) is 0 Å². The molecule has 0 unspecified atom stereocenters. The highest BCUT2D eigenvalue weighted by atomic mass is 17.2. The normalized spacial score (nSPS) is 8.60. The summed E-state index contributed by atoms with van der Waals surface area (Å²) in [7, 11) is 0. The molecule has 0 aliphatic heterocycles. The van der Waals surface area contributed by atoms with Gasteiger partial charge >= 0.3 is 11.9 Å². The zero-order chi connectivity index (χ0) is 7.98. The summed E-state index contributed by atoms with van der Waals surface area (Å²) >= 11 is 0. The molecule has 0 fully saturated rings. The second-order valence-corrected chi connectivity index (χ2v) is 1.23. The Balaban J connectivity index is 3.35. The van der Waals surface area contributed by atoms with Crippen LogP contribution in [0.25, 0.3) is 0 Å². The summed E-state index contributed by atoms with van der Waals surface area (Å²) in [4.78, 5) is 27.3. The summed E-state index contributed by atoms with van der Waals surface area (Å²) in [6, 6.07) is 0. The summed E-state index contributed by atoms with van der Waals surface area (Å²) in [5.41, 5.74) is 0. The average Bonchev–Trinajstić information content (AvgIpc) is 1.99. The fourth-order valence-electron chi connectivity index (χ4n) is 0.146. The van der Waals surface area contributed by atoms with Crippen molar-refractivity contribution >= 4 is 11.9 Å². The second kappa shape index (κ2) is 4.71. The zero-order valence-corrected chi connectivity index (χ0v) is 4.94. The maximum Gasteiger partial charge on any atom is 0.380 e. The van der Waals surface area contributed by atoms with Crippen LogP contribution >= 0.6 is 0 Å². The van der Waals surface area contributed by atoms with E-state index in [1.807, 2.05) is 0 Å². The third-order valence-corrected chi connectivity index (χ3v) is 0.486. The van der Waals surface area contributed by atoms with E-state index in [1.54, 1.807) is 0 Å². The number of rotatable bonds is 2. The summed E-state index contributed by atoms with van der Waals surface area (Å²) in [6.45, 7) is -1.75. The highest BCUT2D eigenvalue weighted by Crippen LogP contribution is 1.80. The molecule has 0 radical (unpaired) electrons. The van der Waals surface area contributed by atoms with Gasteiger partial charge in [0.15, 0.2) is 0 Å². The van der Waals surface area contributed by atoms with Gasteiger partial charge in [-0.3, -0.25) is 0 Å². The Hall–Kier alpha value is -1.14. The molecular weight excluding hydrogens is 144 g/mol. The third-order valence-electron chi connectivity index (χ3n) is 0.486. The van der Waals surface area contributed by atoms with Crippen molar-refractivity contribution in [1.29, 1.82) is 0 Å². The van der Waals surface area contributed by atoms with Crippen LogP contribution in [-0.2, 0) is 19.4 Å². The van der Waals surface area contributed by atoms with Crippen LogP contribution in [0, 0.1) is 0 Å². The maximum atomic E-state index is 10.0. The molecule has 0 saturated carbocycles. The minimum Gasteiger partial charge on any atom is -0.384 e. The topological polar surface area (TPSA) is 93.1 Å². The molecule has 0 aliphatic rings. The minimum atomic E-state index is -1.10. The Morgan fingerprint density at radius 3 is 1.50 bits per heavy atom. The fourth-order valence-corrected chi connectivity index (χ4v) is 0.146. The van der Waals surface area contributed by atoms with Crippen molar-refractivity contribution in [2.75, 3.05) is 13.2 Å². The molecule has 58 valence electrons. The van der Waals surface area contributed by atoms with E-state index in [0.717, 1.165) is 0 Å². The van der Waals surface area contributed by atoms with Crippen LogP contribution in [0.1, 0.15) is 0 Å². The van der Waals surface area contributed by atoms with Gasteiger partial charge in [-0.15, -0.1) is 0 Å². The molecule has 0 amide bonds. The number of carbonyl (C=O) groups is 2. The van der Waals surface area contributed by atoms with Crippen molar-refractivity contribution in [3.05, 3.63) is 0 Å². The molecule has 0 bridgehead atoms. The van der Waals surface area contributed by atoms with Crippen LogP contribution in [0.5, 0.6) is 0 Å². The van der Waals surface area contributed by atoms with Crippen LogP contribution in [-0.4, -0.2) is 35.4 Å². The predicted octanol–water partition coefficient (Wildman–Crippen LogP) is -2.03. The van der Waals surface area contributed by atoms with Gasteiger partial charge in [0.25, 0.3) is 0 Å². The average molecular weight is 150 g/mol. The smallest absolute Gasteiger partial charge is 0.380 e. The van der Waals surface area contributed by atoms with Gasteiger partial charge in [-0.05, 0) is 0 Å². The quantitative estimate of drug-likeness (QED) is 0.348. The van der Waals surface area contributed by atoms with Crippen molar-refractivity contribution in [1.82, 2.24) is 0 Å². The van der Waals surface area contributed by atoms with E-state index in [1.165, 1.54) is 0 Å². The number of hydrogen-bond donors (Lipinski definition) is 2. The van der Waals surface area contributed by atoms with Gasteiger partial charge in [0, 0.05) is 0 Å². The van der Waals surface area contributed by atoms with Crippen LogP contribution < -0.4 is 0 Å². The first-order valence-electron chi connectivity index (χ1n) is 2.32. The first-order valence-corrected chi connectivity index (χ1v) is 2.32. The van der Waals surface area contributed by atoms with E-state index < -0.39 is 25.2 Å². The lowest BCUT2D eigenvalue weighted by Gasteiger charge is -1.97. The molecule has 0 atom stereocenters. The Kier molecular flexibility index (Phi) is 4.17. The minimum absolute atomic E-state index is 0.876. The van der Waals surface area contributed by atoms with Gasteiger partial charge in [-0.1, -0.05) is 0 Å². The van der Waals surface area contributed by atoms with E-state index in [4.69, 9.17) is 10.2 Å². The predicted molar refractivity (Wildman–Crippen MR) is 26.4 cm³/mol. The fraction of sp³-hybridized carbons (Fsp3) is 0.500. The van der Waals surface area contributed by atoms with Crippen molar-refractivity contribution in [2.45, 2.75) is 0 Å². The van der Waals surface area contributed by atoms with Gasteiger partial charge in [0.05, 0.1) is 0 Å². The van der Waals surface area contributed by atoms with Crippen LogP contribution in [0.15, 0.2) is 0 Å². The van der Waals surface area contributed by atoms with E-state index in [9.17, 15) is 9.59 Å². The zero-order valence-electron chi connectivity index (χ0n) is 4.94. The lowest BCUT2D eigenvalue weighted by Crippen LogP contribution is -2.15. The molecule has 0 aliphatic carbocycles. The highest BCUT2D eigenvalue weighted by Gasteiger charge is 2.05. The van der Waals surface area contributed by atoms with E-state index in [-0.39, 0.29) is 0 Å². The molecule has 10 heavy (non-hydrogen) atoms. The maximum absolute atomic E-state index is 10.0. The van der Waals surface area contributed by atoms with Gasteiger partial charge < -0.3 is 10.2 Å². The van der Waals surface area contributed by atoms with Gasteiger partial charge in [0.1, 0.15) is 13.2 Å². The molecule has 0 spiro atoms. The Morgan fingerprint density at radius 2 is 1.30 bits per heavy atom. The summed E-state index contributed by atoms with van der Waals surface area (Å²) < 4.78 is 0. The number of aliphatic hydroxyl groups excluding tert-OH is 2. The Labute approximate surface area is 55.9 Å². The first kappa shape index (κ1) is 8.86. The lowest BCUT2D eigenvalue weighted by atomic mass is 10.7. The highest BCUT2D eigenvalue weighted by molar-refractivity contribution is 5.73. The van der Waals surface area contributed by atoms with Crippen molar-refractivity contribution < 1.29 is 29.6 Å². The largest absolute Gasteiger partial charge is 0.384 e. The molecule has 0 aromatic carbocycles. The number of aliphatic hydroxyl groups is 2. The molecular formula is C4H6O6. The van der Waals surface area contributed by atoms with E-state index >= 15 is 0 Å². The summed E-state index contributed by atoms with van der Waals surface area (Å²) in [5.74, 6) is -2.19. The number of carbonyl (C=O) groups excluding carboxylic acids is 2. The molecule has 6 heteroatoms. The van der Waals surface area contributed by atoms with Crippen LogP contribution in [0.2, 0.25) is 0 Å². The molecule has 0 aromatic heterocycles. The molecule has 0 aromatic rings. The monoisotopic (exact) mass is 150 g/mol. The van der Waals surface area contributed by atoms with Gasteiger partial charge in [-0.25, -0.2) is 19.4 Å². The van der Waals surface area contributed by atoms with Crippen molar-refractivity contribution in [3.8, 4) is 0 Å². The second-order valence-electron chi connectivity index (χ2n) is 1.23. The first-order chi connectivity index (χ1) is 4.70. The van der Waals surface area contributed by atoms with Gasteiger partial charge in [0.2, 0.25) is 0 Å². The lowest BCUT2D eigenvalue weighted by molar-refractivity contribution is -0.262.